The van der Waals surface area contributed by atoms with Crippen LogP contribution in [0.4, 0.5) is 0 Å². The molecule has 0 N–H and O–H groups in total. The van der Waals surface area contributed by atoms with E-state index in [9.17, 15) is 0 Å². The van der Waals surface area contributed by atoms with Gasteiger partial charge in [0.1, 0.15) is 0 Å². The summed E-state index contributed by atoms with van der Waals surface area (Å²) in [5.41, 5.74) is 3.82. The maximum absolute atomic E-state index is 6.36. The van der Waals surface area contributed by atoms with Crippen LogP contribution in [0.2, 0.25) is 5.02 Å². The molecule has 2 heteroatoms. The molecule has 2 aromatic rings. The normalized spacial score (nSPS) is 22.4. The molecule has 132 valence electrons. The second-order valence-electron chi connectivity index (χ2n) is 7.76. The predicted molar refractivity (Wildman–Crippen MR) is 107 cm³/mol. The second kappa shape index (κ2) is 7.93. The Balaban J connectivity index is 1.52. The maximum atomic E-state index is 6.36. The molecule has 25 heavy (non-hydrogen) atoms. The van der Waals surface area contributed by atoms with Crippen LogP contribution in [0.25, 0.3) is 11.1 Å². The minimum atomic E-state index is 0.606. The smallest absolute Gasteiger partial charge is 0.0484 e. The van der Waals surface area contributed by atoms with E-state index in [1.54, 1.807) is 0 Å². The summed E-state index contributed by atoms with van der Waals surface area (Å²) in [6, 6.07) is 17.9. The average molecular weight is 354 g/mol. The fourth-order valence-corrected chi connectivity index (χ4v) is 4.94. The van der Waals surface area contributed by atoms with Crippen molar-refractivity contribution in [2.75, 3.05) is 13.1 Å². The van der Waals surface area contributed by atoms with Crippen molar-refractivity contribution in [1.82, 2.24) is 4.90 Å². The van der Waals surface area contributed by atoms with E-state index in [1.807, 2.05) is 12.1 Å². The molecule has 1 heterocycles. The minimum Gasteiger partial charge on any atom is -0.296 e. The number of halogens is 1. The third-order valence-corrected chi connectivity index (χ3v) is 6.39. The average Bonchev–Trinajstić information content (AvgIpc) is 3.16. The third kappa shape index (κ3) is 3.93. The first-order valence-electron chi connectivity index (χ1n) is 9.90. The Morgan fingerprint density at radius 2 is 1.56 bits per heavy atom. The van der Waals surface area contributed by atoms with Gasteiger partial charge in [0.2, 0.25) is 0 Å². The zero-order chi connectivity index (χ0) is 17.1. The fourth-order valence-electron chi connectivity index (χ4n) is 4.69. The molecule has 1 aliphatic carbocycles. The lowest BCUT2D eigenvalue weighted by atomic mass is 9.92. The van der Waals surface area contributed by atoms with Gasteiger partial charge in [0, 0.05) is 23.2 Å². The zero-order valence-corrected chi connectivity index (χ0v) is 15.7. The van der Waals surface area contributed by atoms with Gasteiger partial charge in [-0.3, -0.25) is 4.90 Å². The van der Waals surface area contributed by atoms with E-state index in [0.717, 1.165) is 16.5 Å². The highest BCUT2D eigenvalue weighted by Gasteiger charge is 2.27. The molecular formula is C23H28ClN. The van der Waals surface area contributed by atoms with Gasteiger partial charge >= 0.3 is 0 Å². The molecule has 2 aliphatic rings. The van der Waals surface area contributed by atoms with Crippen molar-refractivity contribution in [2.24, 2.45) is 5.92 Å². The molecule has 2 fully saturated rings. The molecule has 1 saturated heterocycles. The Morgan fingerprint density at radius 1 is 0.840 bits per heavy atom. The molecule has 0 radical (unpaired) electrons. The Morgan fingerprint density at radius 3 is 2.32 bits per heavy atom. The molecule has 0 aromatic heterocycles. The highest BCUT2D eigenvalue weighted by Crippen LogP contribution is 2.36. The summed E-state index contributed by atoms with van der Waals surface area (Å²) in [5.74, 6) is 0.933. The molecule has 4 rings (SSSR count). The minimum absolute atomic E-state index is 0.606. The van der Waals surface area contributed by atoms with Crippen LogP contribution in [0.15, 0.2) is 48.5 Å². The lowest BCUT2D eigenvalue weighted by molar-refractivity contribution is 0.126. The Hall–Kier alpha value is -1.31. The quantitative estimate of drug-likeness (QED) is 0.589. The topological polar surface area (TPSA) is 3.24 Å². The van der Waals surface area contributed by atoms with Crippen LogP contribution in [0.5, 0.6) is 0 Å². The van der Waals surface area contributed by atoms with Crippen LogP contribution in [0.3, 0.4) is 0 Å². The van der Waals surface area contributed by atoms with E-state index in [-0.39, 0.29) is 0 Å². The van der Waals surface area contributed by atoms with Gasteiger partial charge in [0.25, 0.3) is 0 Å². The maximum Gasteiger partial charge on any atom is 0.0484 e. The summed E-state index contributed by atoms with van der Waals surface area (Å²) in [4.78, 5) is 2.77. The van der Waals surface area contributed by atoms with E-state index in [2.05, 4.69) is 41.3 Å². The summed E-state index contributed by atoms with van der Waals surface area (Å²) in [5, 5.41) is 0.829. The Kier molecular flexibility index (Phi) is 5.43. The number of hydrogen-bond donors (Lipinski definition) is 0. The standard InChI is InChI=1S/C23H28ClN/c24-22-10-4-3-9-21(22)19-12-14-20(15-13-19)23-11-5-6-16-25(23)17-18-7-1-2-8-18/h3-4,9-10,12-15,18,23H,1-2,5-8,11,16-17H2. The van der Waals surface area contributed by atoms with Gasteiger partial charge in [-0.15, -0.1) is 0 Å². The number of hydrogen-bond acceptors (Lipinski definition) is 1. The Bertz CT molecular complexity index is 687. The van der Waals surface area contributed by atoms with Crippen LogP contribution >= 0.6 is 11.6 Å². The van der Waals surface area contributed by atoms with E-state index in [1.165, 1.54) is 69.2 Å². The van der Waals surface area contributed by atoms with Gasteiger partial charge in [-0.1, -0.05) is 73.3 Å². The molecule has 1 aliphatic heterocycles. The van der Waals surface area contributed by atoms with Gasteiger partial charge in [0.15, 0.2) is 0 Å². The van der Waals surface area contributed by atoms with Crippen molar-refractivity contribution in [3.8, 4) is 11.1 Å². The zero-order valence-electron chi connectivity index (χ0n) is 15.0. The Labute approximate surface area is 157 Å². The first kappa shape index (κ1) is 17.1. The van der Waals surface area contributed by atoms with Crippen molar-refractivity contribution >= 4 is 11.6 Å². The number of likely N-dealkylation sites (tertiary alicyclic amines) is 1. The van der Waals surface area contributed by atoms with Crippen LogP contribution in [-0.2, 0) is 0 Å². The number of piperidine rings is 1. The summed E-state index contributed by atoms with van der Waals surface area (Å²) < 4.78 is 0. The van der Waals surface area contributed by atoms with Crippen molar-refractivity contribution in [1.29, 1.82) is 0 Å². The number of nitrogens with zero attached hydrogens (tertiary/aromatic N) is 1. The lowest BCUT2D eigenvalue weighted by Crippen LogP contribution is -2.36. The van der Waals surface area contributed by atoms with E-state index < -0.39 is 0 Å². The molecule has 1 atom stereocenters. The SMILES string of the molecule is Clc1ccccc1-c1ccc(C2CCCCN2CC2CCCC2)cc1. The first-order valence-corrected chi connectivity index (χ1v) is 10.3. The van der Waals surface area contributed by atoms with Crippen LogP contribution in [0.1, 0.15) is 56.6 Å². The van der Waals surface area contributed by atoms with Crippen LogP contribution in [0, 0.1) is 5.92 Å². The van der Waals surface area contributed by atoms with Crippen LogP contribution < -0.4 is 0 Å². The fraction of sp³-hybridized carbons (Fsp3) is 0.478. The third-order valence-electron chi connectivity index (χ3n) is 6.06. The van der Waals surface area contributed by atoms with Gasteiger partial charge < -0.3 is 0 Å². The van der Waals surface area contributed by atoms with Crippen molar-refractivity contribution < 1.29 is 0 Å². The highest BCUT2D eigenvalue weighted by atomic mass is 35.5. The van der Waals surface area contributed by atoms with Crippen molar-refractivity contribution in [3.05, 3.63) is 59.1 Å². The van der Waals surface area contributed by atoms with E-state index in [4.69, 9.17) is 11.6 Å². The van der Waals surface area contributed by atoms with E-state index >= 15 is 0 Å². The largest absolute Gasteiger partial charge is 0.296 e. The predicted octanol–water partition coefficient (Wildman–Crippen LogP) is 6.72. The molecule has 1 unspecified atom stereocenters. The molecule has 1 nitrogen and oxygen atoms in total. The summed E-state index contributed by atoms with van der Waals surface area (Å²) in [7, 11) is 0. The molecule has 0 amide bonds. The molecule has 0 spiro atoms. The molecule has 2 aromatic carbocycles. The van der Waals surface area contributed by atoms with Gasteiger partial charge in [-0.2, -0.15) is 0 Å². The van der Waals surface area contributed by atoms with Crippen LogP contribution in [-0.4, -0.2) is 18.0 Å². The number of benzene rings is 2. The molecule has 1 saturated carbocycles. The molecular weight excluding hydrogens is 326 g/mol. The summed E-state index contributed by atoms with van der Waals surface area (Å²) in [6.45, 7) is 2.57. The summed E-state index contributed by atoms with van der Waals surface area (Å²) >= 11 is 6.36. The van der Waals surface area contributed by atoms with Crippen molar-refractivity contribution in [2.45, 2.75) is 51.0 Å². The monoisotopic (exact) mass is 353 g/mol. The lowest BCUT2D eigenvalue weighted by Gasteiger charge is -2.37. The number of rotatable bonds is 4. The first-order chi connectivity index (χ1) is 12.3. The van der Waals surface area contributed by atoms with E-state index in [0.29, 0.717) is 6.04 Å². The van der Waals surface area contributed by atoms with Crippen molar-refractivity contribution in [3.63, 3.8) is 0 Å². The van der Waals surface area contributed by atoms with Gasteiger partial charge in [-0.05, 0) is 55.3 Å². The summed E-state index contributed by atoms with van der Waals surface area (Å²) in [6.07, 6.45) is 9.78. The molecule has 0 bridgehead atoms. The van der Waals surface area contributed by atoms with Gasteiger partial charge in [0.05, 0.1) is 0 Å². The van der Waals surface area contributed by atoms with Gasteiger partial charge in [-0.25, -0.2) is 0 Å². The highest BCUT2D eigenvalue weighted by molar-refractivity contribution is 6.33. The second-order valence-corrected chi connectivity index (χ2v) is 8.17.